The van der Waals surface area contributed by atoms with Gasteiger partial charge in [-0.05, 0) is 38.0 Å². The molecule has 2 N–H and O–H groups in total. The maximum atomic E-state index is 12.6. The molecule has 3 heterocycles. The fourth-order valence-corrected chi connectivity index (χ4v) is 2.63. The zero-order valence-electron chi connectivity index (χ0n) is 13.4. The number of aromatic nitrogens is 3. The van der Waals surface area contributed by atoms with Crippen LogP contribution in [-0.4, -0.2) is 26.9 Å². The Labute approximate surface area is 142 Å². The SMILES string of the molecule is Cc1noc2nc(C3CC3)cc(C(=O)NNC(=O)c3cccnc3)c12. The van der Waals surface area contributed by atoms with Crippen LogP contribution in [0.2, 0.25) is 0 Å². The minimum absolute atomic E-state index is 0.339. The minimum Gasteiger partial charge on any atom is -0.336 e. The van der Waals surface area contributed by atoms with Crippen molar-refractivity contribution >= 4 is 22.9 Å². The number of hydrazine groups is 1. The van der Waals surface area contributed by atoms with Gasteiger partial charge < -0.3 is 4.52 Å². The zero-order valence-corrected chi connectivity index (χ0v) is 13.4. The van der Waals surface area contributed by atoms with E-state index in [1.807, 2.05) is 0 Å². The highest BCUT2D eigenvalue weighted by Gasteiger charge is 2.28. The summed E-state index contributed by atoms with van der Waals surface area (Å²) in [4.78, 5) is 32.9. The van der Waals surface area contributed by atoms with Crippen LogP contribution >= 0.6 is 0 Å². The molecule has 1 saturated carbocycles. The maximum Gasteiger partial charge on any atom is 0.271 e. The first-order valence-electron chi connectivity index (χ1n) is 7.91. The van der Waals surface area contributed by atoms with E-state index in [0.717, 1.165) is 18.5 Å². The summed E-state index contributed by atoms with van der Waals surface area (Å²) in [5.41, 5.74) is 7.28. The molecule has 4 rings (SSSR count). The molecule has 3 aromatic rings. The van der Waals surface area contributed by atoms with Gasteiger partial charge in [0, 0.05) is 24.0 Å². The van der Waals surface area contributed by atoms with Crippen molar-refractivity contribution in [2.75, 3.05) is 0 Å². The Balaban J connectivity index is 1.59. The van der Waals surface area contributed by atoms with Gasteiger partial charge in [0.05, 0.1) is 22.2 Å². The van der Waals surface area contributed by atoms with Crippen molar-refractivity contribution in [3.63, 3.8) is 0 Å². The summed E-state index contributed by atoms with van der Waals surface area (Å²) in [6, 6.07) is 5.00. The fourth-order valence-electron chi connectivity index (χ4n) is 2.63. The van der Waals surface area contributed by atoms with Gasteiger partial charge in [-0.3, -0.25) is 25.4 Å². The molecule has 0 atom stereocenters. The molecule has 3 aromatic heterocycles. The molecular weight excluding hydrogens is 322 g/mol. The average Bonchev–Trinajstić information content (AvgIpc) is 3.43. The van der Waals surface area contributed by atoms with Crippen LogP contribution in [0, 0.1) is 6.92 Å². The van der Waals surface area contributed by atoms with Crippen molar-refractivity contribution in [1.82, 2.24) is 26.0 Å². The number of carbonyl (C=O) groups is 2. The normalized spacial score (nSPS) is 13.6. The van der Waals surface area contributed by atoms with Crippen molar-refractivity contribution in [2.24, 2.45) is 0 Å². The van der Waals surface area contributed by atoms with Gasteiger partial charge in [-0.2, -0.15) is 0 Å². The Kier molecular flexibility index (Phi) is 3.64. The number of pyridine rings is 2. The smallest absolute Gasteiger partial charge is 0.271 e. The third-order valence-electron chi connectivity index (χ3n) is 4.09. The molecule has 25 heavy (non-hydrogen) atoms. The van der Waals surface area contributed by atoms with E-state index in [2.05, 4.69) is 26.0 Å². The van der Waals surface area contributed by atoms with Gasteiger partial charge in [-0.1, -0.05) is 5.16 Å². The molecule has 8 heteroatoms. The molecule has 2 amide bonds. The highest BCUT2D eigenvalue weighted by molar-refractivity contribution is 6.07. The van der Waals surface area contributed by atoms with E-state index in [9.17, 15) is 9.59 Å². The Morgan fingerprint density at radius 2 is 2.04 bits per heavy atom. The Bertz CT molecular complexity index is 963. The molecule has 8 nitrogen and oxygen atoms in total. The van der Waals surface area contributed by atoms with E-state index < -0.39 is 11.8 Å². The highest BCUT2D eigenvalue weighted by atomic mass is 16.5. The number of nitrogens with zero attached hydrogens (tertiary/aromatic N) is 3. The molecule has 1 aliphatic rings. The van der Waals surface area contributed by atoms with Crippen LogP contribution in [0.3, 0.4) is 0 Å². The van der Waals surface area contributed by atoms with Crippen LogP contribution in [0.4, 0.5) is 0 Å². The molecule has 0 saturated heterocycles. The highest BCUT2D eigenvalue weighted by Crippen LogP contribution is 2.40. The predicted molar refractivity (Wildman–Crippen MR) is 87.7 cm³/mol. The second-order valence-corrected chi connectivity index (χ2v) is 5.97. The van der Waals surface area contributed by atoms with Crippen molar-refractivity contribution in [3.8, 4) is 0 Å². The van der Waals surface area contributed by atoms with E-state index in [1.165, 1.54) is 6.20 Å². The van der Waals surface area contributed by atoms with Crippen LogP contribution in [0.15, 0.2) is 35.1 Å². The summed E-state index contributed by atoms with van der Waals surface area (Å²) in [5.74, 6) is -0.541. The number of fused-ring (bicyclic) bond motifs is 1. The molecule has 0 radical (unpaired) electrons. The van der Waals surface area contributed by atoms with Gasteiger partial charge in [0.25, 0.3) is 17.5 Å². The van der Waals surface area contributed by atoms with Crippen LogP contribution in [-0.2, 0) is 0 Å². The molecule has 126 valence electrons. The number of amides is 2. The number of hydrogen-bond acceptors (Lipinski definition) is 6. The lowest BCUT2D eigenvalue weighted by Crippen LogP contribution is -2.41. The summed E-state index contributed by atoms with van der Waals surface area (Å²) >= 11 is 0. The van der Waals surface area contributed by atoms with Crippen LogP contribution in [0.1, 0.15) is 50.9 Å². The summed E-state index contributed by atoms with van der Waals surface area (Å²) in [6.07, 6.45) is 5.08. The first-order chi connectivity index (χ1) is 12.1. The standard InChI is InChI=1S/C17H15N5O3/c1-9-14-12(7-13(10-4-5-10)19-17(14)25-22-9)16(24)21-20-15(23)11-3-2-6-18-8-11/h2-3,6-8,10H,4-5H2,1H3,(H,20,23)(H,21,24). The van der Waals surface area contributed by atoms with Crippen molar-refractivity contribution in [2.45, 2.75) is 25.7 Å². The van der Waals surface area contributed by atoms with E-state index in [-0.39, 0.29) is 0 Å². The average molecular weight is 337 g/mol. The number of aryl methyl sites for hydroxylation is 1. The molecule has 0 unspecified atom stereocenters. The summed E-state index contributed by atoms with van der Waals surface area (Å²) in [5, 5.41) is 4.44. The number of rotatable bonds is 3. The van der Waals surface area contributed by atoms with Gasteiger partial charge in [0.15, 0.2) is 0 Å². The Hall–Kier alpha value is -3.29. The van der Waals surface area contributed by atoms with E-state index in [4.69, 9.17) is 4.52 Å². The van der Waals surface area contributed by atoms with Crippen molar-refractivity contribution in [1.29, 1.82) is 0 Å². The molecule has 0 bridgehead atoms. The number of carbonyl (C=O) groups excluding carboxylic acids is 2. The van der Waals surface area contributed by atoms with Gasteiger partial charge in [-0.15, -0.1) is 0 Å². The second-order valence-electron chi connectivity index (χ2n) is 5.97. The van der Waals surface area contributed by atoms with Gasteiger partial charge in [-0.25, -0.2) is 4.98 Å². The predicted octanol–water partition coefficient (Wildman–Crippen LogP) is 1.88. The fraction of sp³-hybridized carbons (Fsp3) is 0.235. The number of nitrogens with one attached hydrogen (secondary N) is 2. The first kappa shape index (κ1) is 15.3. The topological polar surface area (TPSA) is 110 Å². The number of hydrogen-bond donors (Lipinski definition) is 2. The molecule has 0 aromatic carbocycles. The van der Waals surface area contributed by atoms with Crippen LogP contribution in [0.5, 0.6) is 0 Å². The summed E-state index contributed by atoms with van der Waals surface area (Å²) < 4.78 is 5.22. The third-order valence-corrected chi connectivity index (χ3v) is 4.09. The van der Waals surface area contributed by atoms with Gasteiger partial charge in [0.2, 0.25) is 0 Å². The summed E-state index contributed by atoms with van der Waals surface area (Å²) in [6.45, 7) is 1.75. The van der Waals surface area contributed by atoms with Gasteiger partial charge in [0.1, 0.15) is 0 Å². The lowest BCUT2D eigenvalue weighted by Gasteiger charge is -2.09. The van der Waals surface area contributed by atoms with Crippen molar-refractivity contribution in [3.05, 3.63) is 53.1 Å². The van der Waals surface area contributed by atoms with E-state index in [1.54, 1.807) is 31.3 Å². The van der Waals surface area contributed by atoms with E-state index >= 15 is 0 Å². The maximum absolute atomic E-state index is 12.6. The van der Waals surface area contributed by atoms with Crippen molar-refractivity contribution < 1.29 is 14.1 Å². The lowest BCUT2D eigenvalue weighted by molar-refractivity contribution is 0.0847. The second kappa shape index (κ2) is 5.97. The van der Waals surface area contributed by atoms with E-state index in [0.29, 0.717) is 33.8 Å². The molecule has 1 aliphatic carbocycles. The zero-order chi connectivity index (χ0) is 17.4. The van der Waals surface area contributed by atoms with Crippen LogP contribution in [0.25, 0.3) is 11.1 Å². The molecule has 0 aliphatic heterocycles. The Morgan fingerprint density at radius 1 is 1.24 bits per heavy atom. The summed E-state index contributed by atoms with van der Waals surface area (Å²) in [7, 11) is 0. The Morgan fingerprint density at radius 3 is 2.76 bits per heavy atom. The quantitative estimate of drug-likeness (QED) is 0.706. The van der Waals surface area contributed by atoms with Crippen LogP contribution < -0.4 is 10.9 Å². The molecule has 0 spiro atoms. The third kappa shape index (κ3) is 2.93. The monoisotopic (exact) mass is 337 g/mol. The lowest BCUT2D eigenvalue weighted by atomic mass is 10.1. The molecule has 1 fully saturated rings. The molecular formula is C17H15N5O3. The largest absolute Gasteiger partial charge is 0.336 e. The minimum atomic E-state index is -0.448. The first-order valence-corrected chi connectivity index (χ1v) is 7.91. The van der Waals surface area contributed by atoms with Gasteiger partial charge >= 0.3 is 0 Å².